The van der Waals surface area contributed by atoms with Gasteiger partial charge in [0.1, 0.15) is 6.10 Å². The minimum absolute atomic E-state index is 0. The zero-order valence-corrected chi connectivity index (χ0v) is 11.1. The Morgan fingerprint density at radius 1 is 1.23 bits per heavy atom. The normalized spacial score (nSPS) is 20.1. The smallest absolute Gasteiger partial charge is 0.104 e. The van der Waals surface area contributed by atoms with Gasteiger partial charge < -0.3 is 14.6 Å². The first-order valence-corrected chi connectivity index (χ1v) is 4.15. The largest absolute Gasteiger partial charge is 0.394 e. The fraction of sp³-hybridized carbons (Fsp3) is 1.00. The number of aliphatic hydroxyl groups is 1. The molecule has 1 aliphatic rings. The van der Waals surface area contributed by atoms with Crippen molar-refractivity contribution in [2.75, 3.05) is 26.4 Å². The number of rotatable bonds is 1. The molecule has 1 unspecified atom stereocenters. The van der Waals surface area contributed by atoms with Gasteiger partial charge in [-0.25, -0.2) is 0 Å². The molecule has 1 atom stereocenters. The van der Waals surface area contributed by atoms with Crippen molar-refractivity contribution in [1.82, 2.24) is 0 Å². The van der Waals surface area contributed by atoms with Crippen LogP contribution in [0.1, 0.15) is 20.3 Å². The summed E-state index contributed by atoms with van der Waals surface area (Å²) in [5, 5.41) is 8.49. The van der Waals surface area contributed by atoms with E-state index in [-0.39, 0.29) is 49.8 Å². The summed E-state index contributed by atoms with van der Waals surface area (Å²) in [6.45, 7) is 6.14. The molecule has 2 radical (unpaired) electrons. The molecule has 0 aliphatic carbocycles. The second-order valence-electron chi connectivity index (χ2n) is 2.46. The molecule has 1 rings (SSSR count). The van der Waals surface area contributed by atoms with E-state index in [1.807, 2.05) is 0 Å². The van der Waals surface area contributed by atoms with Crippen molar-refractivity contribution in [1.29, 1.82) is 0 Å². The van der Waals surface area contributed by atoms with Crippen LogP contribution in [0, 0.1) is 0 Å². The quantitative estimate of drug-likeness (QED) is 0.761. The minimum Gasteiger partial charge on any atom is -0.394 e. The van der Waals surface area contributed by atoms with Gasteiger partial charge in [-0.1, -0.05) is 20.3 Å². The van der Waals surface area contributed by atoms with Crippen molar-refractivity contribution >= 4 is 0 Å². The van der Waals surface area contributed by atoms with Gasteiger partial charge in [0, 0.05) is 37.1 Å². The second-order valence-corrected chi connectivity index (χ2v) is 2.46. The van der Waals surface area contributed by atoms with Crippen molar-refractivity contribution in [3.05, 3.63) is 0 Å². The Balaban J connectivity index is -0.000000180. The second kappa shape index (κ2) is 15.5. The monoisotopic (exact) mass is 264 g/mol. The average molecular weight is 264 g/mol. The van der Waals surface area contributed by atoms with Crippen molar-refractivity contribution in [2.24, 2.45) is 0 Å². The molecule has 13 heavy (non-hydrogen) atoms. The van der Waals surface area contributed by atoms with Crippen LogP contribution >= 0.6 is 0 Å². The van der Waals surface area contributed by atoms with E-state index in [9.17, 15) is 0 Å². The van der Waals surface area contributed by atoms with E-state index in [4.69, 9.17) is 14.6 Å². The molecular weight excluding hydrogens is 246 g/mol. The van der Waals surface area contributed by atoms with Crippen molar-refractivity contribution < 1.29 is 51.7 Å². The number of ether oxygens (including phenoxy) is 2. The third-order valence-corrected chi connectivity index (χ3v) is 1.09. The fourth-order valence-electron chi connectivity index (χ4n) is 0.642. The molecule has 1 fully saturated rings. The van der Waals surface area contributed by atoms with E-state index in [1.165, 1.54) is 6.42 Å². The Morgan fingerprint density at radius 3 is 2.00 bits per heavy atom. The Hall–Kier alpha value is 1.05. The fourth-order valence-corrected chi connectivity index (χ4v) is 0.642. The maximum atomic E-state index is 8.49. The van der Waals surface area contributed by atoms with E-state index < -0.39 is 0 Å². The van der Waals surface area contributed by atoms with Gasteiger partial charge >= 0.3 is 0 Å². The summed E-state index contributed by atoms with van der Waals surface area (Å²) < 4.78 is 10.0. The molecule has 0 aromatic carbocycles. The van der Waals surface area contributed by atoms with Crippen molar-refractivity contribution in [3.8, 4) is 0 Å². The molecule has 78 valence electrons. The molecule has 1 N–H and O–H groups in total. The number of hydrogen-bond donors (Lipinski definition) is 1. The van der Waals surface area contributed by atoms with Crippen molar-refractivity contribution in [3.63, 3.8) is 0 Å². The molecule has 0 spiro atoms. The van der Waals surface area contributed by atoms with E-state index in [0.29, 0.717) is 19.8 Å². The van der Waals surface area contributed by atoms with E-state index in [1.54, 1.807) is 0 Å². The zero-order valence-electron chi connectivity index (χ0n) is 8.27. The van der Waals surface area contributed by atoms with Gasteiger partial charge in [-0.3, -0.25) is 0 Å². The summed E-state index contributed by atoms with van der Waals surface area (Å²) in [4.78, 5) is 0. The van der Waals surface area contributed by atoms with Crippen LogP contribution in [0.25, 0.3) is 0 Å². The first kappa shape index (κ1) is 19.6. The third-order valence-electron chi connectivity index (χ3n) is 1.09. The predicted molar refractivity (Wildman–Crippen MR) is 43.6 cm³/mol. The average Bonchev–Trinajstić information content (AvgIpc) is 2.08. The molecule has 0 amide bonds. The summed E-state index contributed by atoms with van der Waals surface area (Å²) in [6.07, 6.45) is 1.17. The minimum atomic E-state index is -0.0799. The molecule has 0 bridgehead atoms. The van der Waals surface area contributed by atoms with Crippen LogP contribution in [0.4, 0.5) is 0 Å². The third kappa shape index (κ3) is 13.0. The first-order valence-electron chi connectivity index (χ1n) is 4.15. The first-order chi connectivity index (χ1) is 5.35. The maximum Gasteiger partial charge on any atom is 0.104 e. The number of hydrogen-bond acceptors (Lipinski definition) is 3. The van der Waals surface area contributed by atoms with Crippen LogP contribution < -0.4 is 0 Å². The van der Waals surface area contributed by atoms with Crippen LogP contribution in [0.3, 0.4) is 0 Å². The standard InChI is InChI=1S/C5H10O3.C3H8.2V/c6-3-5-4-7-1-2-8-5;1-3-2;;/h5-6H,1-4H2;3H2,1-2H3;;. The topological polar surface area (TPSA) is 38.7 Å². The number of aliphatic hydroxyl groups excluding tert-OH is 1. The van der Waals surface area contributed by atoms with E-state index in [2.05, 4.69) is 13.8 Å². The molecule has 1 aliphatic heterocycles. The summed E-state index contributed by atoms with van der Waals surface area (Å²) in [5.41, 5.74) is 0. The van der Waals surface area contributed by atoms with E-state index >= 15 is 0 Å². The molecule has 0 aromatic heterocycles. The Labute approximate surface area is 104 Å². The van der Waals surface area contributed by atoms with Crippen LogP contribution in [-0.4, -0.2) is 37.6 Å². The summed E-state index contributed by atoms with van der Waals surface area (Å²) in [6, 6.07) is 0. The molecule has 5 heteroatoms. The predicted octanol–water partition coefficient (Wildman–Crippen LogP) is 0.805. The van der Waals surface area contributed by atoms with Gasteiger partial charge in [-0.05, 0) is 0 Å². The summed E-state index contributed by atoms with van der Waals surface area (Å²) >= 11 is 0. The van der Waals surface area contributed by atoms with Crippen LogP contribution in [0.5, 0.6) is 0 Å². The molecule has 0 saturated carbocycles. The van der Waals surface area contributed by atoms with Crippen LogP contribution in [0.15, 0.2) is 0 Å². The van der Waals surface area contributed by atoms with E-state index in [0.717, 1.165) is 0 Å². The van der Waals surface area contributed by atoms with Crippen LogP contribution in [0.2, 0.25) is 0 Å². The molecule has 0 aromatic rings. The van der Waals surface area contributed by atoms with Gasteiger partial charge in [0.2, 0.25) is 0 Å². The van der Waals surface area contributed by atoms with Gasteiger partial charge in [0.25, 0.3) is 0 Å². The van der Waals surface area contributed by atoms with Gasteiger partial charge in [0.15, 0.2) is 0 Å². The van der Waals surface area contributed by atoms with Gasteiger partial charge in [-0.15, -0.1) is 0 Å². The van der Waals surface area contributed by atoms with Gasteiger partial charge in [-0.2, -0.15) is 0 Å². The van der Waals surface area contributed by atoms with Crippen molar-refractivity contribution in [2.45, 2.75) is 26.4 Å². The van der Waals surface area contributed by atoms with Crippen LogP contribution in [-0.2, 0) is 46.6 Å². The zero-order chi connectivity index (χ0) is 8.53. The molecule has 1 saturated heterocycles. The Kier molecular flexibility index (Phi) is 23.4. The maximum absolute atomic E-state index is 8.49. The SMILES string of the molecule is CCC.OCC1COCCO1.[V].[V]. The molecular formula is C8H18O3V2. The summed E-state index contributed by atoms with van der Waals surface area (Å²) in [7, 11) is 0. The van der Waals surface area contributed by atoms with Gasteiger partial charge in [0.05, 0.1) is 26.4 Å². The molecule has 1 heterocycles. The Bertz CT molecular complexity index is 77.8. The Morgan fingerprint density at radius 2 is 1.77 bits per heavy atom. The summed E-state index contributed by atoms with van der Waals surface area (Å²) in [5.74, 6) is 0. The molecule has 3 nitrogen and oxygen atoms in total.